The maximum absolute atomic E-state index is 4.24. The molecule has 17 heavy (non-hydrogen) atoms. The summed E-state index contributed by atoms with van der Waals surface area (Å²) in [7, 11) is 0. The Kier molecular flexibility index (Phi) is 2.44. The van der Waals surface area contributed by atoms with E-state index in [-0.39, 0.29) is 0 Å². The number of aromatic nitrogens is 3. The van der Waals surface area contributed by atoms with Crippen molar-refractivity contribution in [3.05, 3.63) is 52.6 Å². The molecule has 0 aliphatic carbocycles. The van der Waals surface area contributed by atoms with Crippen LogP contribution in [0.15, 0.2) is 47.1 Å². The van der Waals surface area contributed by atoms with E-state index < -0.39 is 0 Å². The summed E-state index contributed by atoms with van der Waals surface area (Å²) in [5.74, 6) is 0.866. The first kappa shape index (κ1) is 10.5. The Hall–Kier alpha value is -1.68. The highest BCUT2D eigenvalue weighted by Gasteiger charge is 2.07. The van der Waals surface area contributed by atoms with Crippen LogP contribution in [0, 0.1) is 6.92 Å². The van der Waals surface area contributed by atoms with Crippen LogP contribution in [0.25, 0.3) is 17.0 Å². The fraction of sp³-hybridized carbons (Fsp3) is 0.0769. The third-order valence-electron chi connectivity index (χ3n) is 2.63. The van der Waals surface area contributed by atoms with Gasteiger partial charge < -0.3 is 0 Å². The first-order valence-corrected chi connectivity index (χ1v) is 6.11. The minimum absolute atomic E-state index is 0.866. The number of rotatable bonds is 1. The Morgan fingerprint density at radius 2 is 2.00 bits per heavy atom. The highest BCUT2D eigenvalue weighted by atomic mass is 79.9. The Morgan fingerprint density at radius 3 is 2.82 bits per heavy atom. The summed E-state index contributed by atoms with van der Waals surface area (Å²) >= 11 is 3.47. The van der Waals surface area contributed by atoms with Crippen LogP contribution >= 0.6 is 15.9 Å². The van der Waals surface area contributed by atoms with Gasteiger partial charge in [0.2, 0.25) is 0 Å². The van der Waals surface area contributed by atoms with Crippen LogP contribution in [0.4, 0.5) is 0 Å². The third kappa shape index (κ3) is 1.85. The summed E-state index contributed by atoms with van der Waals surface area (Å²) in [6, 6.07) is 12.1. The van der Waals surface area contributed by atoms with Crippen molar-refractivity contribution in [2.24, 2.45) is 0 Å². The van der Waals surface area contributed by atoms with Gasteiger partial charge in [-0.1, -0.05) is 34.1 Å². The van der Waals surface area contributed by atoms with Crippen molar-refractivity contribution in [2.45, 2.75) is 6.92 Å². The zero-order valence-corrected chi connectivity index (χ0v) is 10.8. The predicted octanol–water partition coefficient (Wildman–Crippen LogP) is 3.47. The van der Waals surface area contributed by atoms with Gasteiger partial charge >= 0.3 is 0 Å². The smallest absolute Gasteiger partial charge is 0.168 e. The normalized spacial score (nSPS) is 10.9. The van der Waals surface area contributed by atoms with E-state index in [1.807, 2.05) is 47.0 Å². The van der Waals surface area contributed by atoms with Crippen LogP contribution in [0.5, 0.6) is 0 Å². The minimum Gasteiger partial charge on any atom is -0.282 e. The van der Waals surface area contributed by atoms with E-state index in [1.54, 1.807) is 0 Å². The molecule has 3 nitrogen and oxygen atoms in total. The van der Waals surface area contributed by atoms with Gasteiger partial charge in [-0.05, 0) is 30.7 Å². The van der Waals surface area contributed by atoms with E-state index in [0.29, 0.717) is 0 Å². The second kappa shape index (κ2) is 3.96. The van der Waals surface area contributed by atoms with Gasteiger partial charge in [0.05, 0.1) is 0 Å². The summed E-state index contributed by atoms with van der Waals surface area (Å²) in [6.45, 7) is 2.06. The van der Waals surface area contributed by atoms with Crippen molar-refractivity contribution in [3.8, 4) is 11.4 Å². The number of aryl methyl sites for hydroxylation is 1. The van der Waals surface area contributed by atoms with Crippen molar-refractivity contribution in [1.29, 1.82) is 0 Å². The lowest BCUT2D eigenvalue weighted by Crippen LogP contribution is -1.90. The average molecular weight is 288 g/mol. The molecule has 0 N–H and O–H groups in total. The molecule has 0 aliphatic rings. The molecular weight excluding hydrogens is 278 g/mol. The Bertz CT molecular complexity index is 688. The van der Waals surface area contributed by atoms with Gasteiger partial charge in [-0.2, -0.15) is 0 Å². The number of benzene rings is 1. The molecule has 1 aromatic carbocycles. The zero-order chi connectivity index (χ0) is 11.8. The lowest BCUT2D eigenvalue weighted by molar-refractivity contribution is 1.11. The van der Waals surface area contributed by atoms with Crippen molar-refractivity contribution >= 4 is 21.6 Å². The highest BCUT2D eigenvalue weighted by molar-refractivity contribution is 9.10. The van der Waals surface area contributed by atoms with Crippen molar-refractivity contribution in [1.82, 2.24) is 14.6 Å². The number of hydrogen-bond donors (Lipinski definition) is 0. The maximum Gasteiger partial charge on any atom is 0.168 e. The zero-order valence-electron chi connectivity index (χ0n) is 9.26. The fourth-order valence-corrected chi connectivity index (χ4v) is 2.22. The second-order valence-corrected chi connectivity index (χ2v) is 4.88. The van der Waals surface area contributed by atoms with E-state index in [4.69, 9.17) is 0 Å². The predicted molar refractivity (Wildman–Crippen MR) is 70.9 cm³/mol. The molecule has 0 saturated heterocycles. The van der Waals surface area contributed by atoms with Gasteiger partial charge in [0.25, 0.3) is 0 Å². The van der Waals surface area contributed by atoms with Gasteiger partial charge in [0.15, 0.2) is 11.5 Å². The summed E-state index contributed by atoms with van der Waals surface area (Å²) < 4.78 is 3.05. The maximum atomic E-state index is 4.24. The molecule has 2 aromatic heterocycles. The molecule has 0 bridgehead atoms. The Labute approximate surface area is 107 Å². The molecule has 3 rings (SSSR count). The molecule has 0 spiro atoms. The molecule has 0 fully saturated rings. The molecule has 4 heteroatoms. The molecule has 0 aliphatic heterocycles. The minimum atomic E-state index is 0.866. The van der Waals surface area contributed by atoms with Crippen LogP contribution in [0.1, 0.15) is 5.56 Å². The molecule has 3 aromatic rings. The van der Waals surface area contributed by atoms with Gasteiger partial charge in [-0.3, -0.25) is 4.40 Å². The molecule has 2 heterocycles. The molecule has 84 valence electrons. The fourth-order valence-electron chi connectivity index (χ4n) is 1.82. The van der Waals surface area contributed by atoms with Crippen molar-refractivity contribution < 1.29 is 0 Å². The van der Waals surface area contributed by atoms with E-state index in [1.165, 1.54) is 5.56 Å². The molecule has 0 radical (unpaired) electrons. The SMILES string of the molecule is Cc1ccc2nnc(-c3cccc(Br)c3)n2c1. The highest BCUT2D eigenvalue weighted by Crippen LogP contribution is 2.22. The van der Waals surface area contributed by atoms with Gasteiger partial charge in [-0.15, -0.1) is 10.2 Å². The first-order chi connectivity index (χ1) is 8.24. The lowest BCUT2D eigenvalue weighted by atomic mass is 10.2. The third-order valence-corrected chi connectivity index (χ3v) is 3.13. The molecule has 0 atom stereocenters. The molecule has 0 unspecified atom stereocenters. The van der Waals surface area contributed by atoms with E-state index >= 15 is 0 Å². The van der Waals surface area contributed by atoms with Crippen LogP contribution < -0.4 is 0 Å². The van der Waals surface area contributed by atoms with Gasteiger partial charge in [0, 0.05) is 16.2 Å². The van der Waals surface area contributed by atoms with Crippen LogP contribution in [-0.2, 0) is 0 Å². The van der Waals surface area contributed by atoms with E-state index in [9.17, 15) is 0 Å². The Balaban J connectivity index is 2.27. The topological polar surface area (TPSA) is 30.2 Å². The quantitative estimate of drug-likeness (QED) is 0.686. The average Bonchev–Trinajstić information content (AvgIpc) is 2.71. The molecular formula is C13H10BrN3. The second-order valence-electron chi connectivity index (χ2n) is 3.97. The Morgan fingerprint density at radius 1 is 1.12 bits per heavy atom. The van der Waals surface area contributed by atoms with Crippen LogP contribution in [-0.4, -0.2) is 14.6 Å². The number of nitrogens with zero attached hydrogens (tertiary/aromatic N) is 3. The lowest BCUT2D eigenvalue weighted by Gasteiger charge is -2.01. The summed E-state index contributed by atoms with van der Waals surface area (Å²) in [6.07, 6.45) is 2.05. The first-order valence-electron chi connectivity index (χ1n) is 5.31. The monoisotopic (exact) mass is 287 g/mol. The molecule has 0 amide bonds. The van der Waals surface area contributed by atoms with E-state index in [2.05, 4.69) is 33.1 Å². The summed E-state index contributed by atoms with van der Waals surface area (Å²) in [5.41, 5.74) is 3.11. The largest absolute Gasteiger partial charge is 0.282 e. The summed E-state index contributed by atoms with van der Waals surface area (Å²) in [4.78, 5) is 0. The van der Waals surface area contributed by atoms with Crippen molar-refractivity contribution in [3.63, 3.8) is 0 Å². The molecule has 0 saturated carbocycles. The standard InChI is InChI=1S/C13H10BrN3/c1-9-5-6-12-15-16-13(17(12)8-9)10-3-2-4-11(14)7-10/h2-8H,1H3. The van der Waals surface area contributed by atoms with Crippen LogP contribution in [0.2, 0.25) is 0 Å². The van der Waals surface area contributed by atoms with Gasteiger partial charge in [-0.25, -0.2) is 0 Å². The number of halogens is 1. The number of pyridine rings is 1. The van der Waals surface area contributed by atoms with Gasteiger partial charge in [0.1, 0.15) is 0 Å². The van der Waals surface area contributed by atoms with Crippen molar-refractivity contribution in [2.75, 3.05) is 0 Å². The number of fused-ring (bicyclic) bond motifs is 1. The number of hydrogen-bond acceptors (Lipinski definition) is 2. The van der Waals surface area contributed by atoms with Crippen LogP contribution in [0.3, 0.4) is 0 Å². The summed E-state index contributed by atoms with van der Waals surface area (Å²) in [5, 5.41) is 8.40. The van der Waals surface area contributed by atoms with E-state index in [0.717, 1.165) is 21.5 Å².